The zero-order chi connectivity index (χ0) is 13.1. The van der Waals surface area contributed by atoms with E-state index in [1.807, 2.05) is 6.92 Å². The van der Waals surface area contributed by atoms with Gasteiger partial charge in [0.2, 0.25) is 0 Å². The van der Waals surface area contributed by atoms with Crippen molar-refractivity contribution in [3.05, 3.63) is 29.6 Å². The molecule has 96 valence electrons. The highest BCUT2D eigenvalue weighted by Gasteiger charge is 2.20. The van der Waals surface area contributed by atoms with Gasteiger partial charge in [-0.3, -0.25) is 0 Å². The van der Waals surface area contributed by atoms with E-state index in [0.717, 1.165) is 0 Å². The summed E-state index contributed by atoms with van der Waals surface area (Å²) in [6, 6.07) is 3.97. The molecule has 2 atom stereocenters. The second-order valence-corrected chi connectivity index (χ2v) is 4.50. The normalized spacial score (nSPS) is 16.4. The van der Waals surface area contributed by atoms with E-state index in [-0.39, 0.29) is 12.4 Å². The summed E-state index contributed by atoms with van der Waals surface area (Å²) in [5, 5.41) is 19.3. The van der Waals surface area contributed by atoms with Gasteiger partial charge in [-0.05, 0) is 32.4 Å². The van der Waals surface area contributed by atoms with E-state index >= 15 is 0 Å². The number of ether oxygens (including phenoxy) is 1. The Labute approximate surface area is 101 Å². The molecule has 3 nitrogen and oxygen atoms in total. The third kappa shape index (κ3) is 3.98. The van der Waals surface area contributed by atoms with E-state index in [9.17, 15) is 14.6 Å². The molecule has 0 amide bonds. The lowest BCUT2D eigenvalue weighted by Crippen LogP contribution is -2.31. The van der Waals surface area contributed by atoms with Crippen molar-refractivity contribution in [2.24, 2.45) is 0 Å². The van der Waals surface area contributed by atoms with E-state index < -0.39 is 17.5 Å². The van der Waals surface area contributed by atoms with E-state index in [0.29, 0.717) is 12.0 Å². The number of halogens is 1. The first-order chi connectivity index (χ1) is 7.85. The van der Waals surface area contributed by atoms with Crippen LogP contribution < -0.4 is 4.74 Å². The van der Waals surface area contributed by atoms with Crippen LogP contribution >= 0.6 is 0 Å². The molecule has 0 spiro atoms. The van der Waals surface area contributed by atoms with Crippen LogP contribution in [0.3, 0.4) is 0 Å². The number of aliphatic hydroxyl groups is 2. The Morgan fingerprint density at radius 1 is 1.47 bits per heavy atom. The van der Waals surface area contributed by atoms with Crippen molar-refractivity contribution in [3.63, 3.8) is 0 Å². The molecule has 0 aromatic heterocycles. The van der Waals surface area contributed by atoms with E-state index in [1.165, 1.54) is 18.2 Å². The average molecular weight is 242 g/mol. The average Bonchev–Trinajstić information content (AvgIpc) is 2.26. The molecule has 0 saturated carbocycles. The van der Waals surface area contributed by atoms with Crippen LogP contribution in [0.2, 0.25) is 0 Å². The topological polar surface area (TPSA) is 49.7 Å². The van der Waals surface area contributed by atoms with Crippen molar-refractivity contribution in [1.82, 2.24) is 0 Å². The molecule has 4 heteroatoms. The summed E-state index contributed by atoms with van der Waals surface area (Å²) >= 11 is 0. The van der Waals surface area contributed by atoms with Gasteiger partial charge in [0, 0.05) is 11.6 Å². The van der Waals surface area contributed by atoms with Gasteiger partial charge in [-0.25, -0.2) is 4.39 Å². The van der Waals surface area contributed by atoms with Crippen LogP contribution in [0.15, 0.2) is 18.2 Å². The molecule has 0 aliphatic rings. The summed E-state index contributed by atoms with van der Waals surface area (Å²) in [5.41, 5.74) is -0.444. The Hall–Kier alpha value is -1.13. The smallest absolute Gasteiger partial charge is 0.128 e. The van der Waals surface area contributed by atoms with Gasteiger partial charge in [0.25, 0.3) is 0 Å². The Morgan fingerprint density at radius 2 is 2.12 bits per heavy atom. The molecule has 1 rings (SSSR count). The van der Waals surface area contributed by atoms with Crippen molar-refractivity contribution in [2.75, 3.05) is 6.61 Å². The minimum absolute atomic E-state index is 0.0622. The standard InChI is InChI=1S/C13H19FO3/c1-4-13(3,16)8-17-12-7-10(14)5-6-11(12)9(2)15/h5-7,9,15-16H,4,8H2,1-3H3/t9-,13?/m0/s1. The molecule has 0 aliphatic heterocycles. The Balaban J connectivity index is 2.85. The first-order valence-electron chi connectivity index (χ1n) is 5.68. The molecule has 17 heavy (non-hydrogen) atoms. The largest absolute Gasteiger partial charge is 0.490 e. The summed E-state index contributed by atoms with van der Waals surface area (Å²) in [7, 11) is 0. The lowest BCUT2D eigenvalue weighted by Gasteiger charge is -2.23. The summed E-state index contributed by atoms with van der Waals surface area (Å²) in [4.78, 5) is 0. The van der Waals surface area contributed by atoms with Crippen molar-refractivity contribution >= 4 is 0 Å². The van der Waals surface area contributed by atoms with Crippen LogP contribution in [-0.4, -0.2) is 22.4 Å². The molecule has 2 N–H and O–H groups in total. The zero-order valence-corrected chi connectivity index (χ0v) is 10.4. The van der Waals surface area contributed by atoms with Crippen LogP contribution in [0.1, 0.15) is 38.9 Å². The second kappa shape index (κ2) is 5.47. The van der Waals surface area contributed by atoms with Crippen LogP contribution in [0.25, 0.3) is 0 Å². The lowest BCUT2D eigenvalue weighted by molar-refractivity contribution is 0.00736. The summed E-state index contributed by atoms with van der Waals surface area (Å²) in [6.07, 6.45) is -0.205. The molecule has 1 unspecified atom stereocenters. The summed E-state index contributed by atoms with van der Waals surface area (Å²) in [6.45, 7) is 5.13. The van der Waals surface area contributed by atoms with Gasteiger partial charge in [-0.15, -0.1) is 0 Å². The van der Waals surface area contributed by atoms with Crippen LogP contribution in [0.5, 0.6) is 5.75 Å². The number of hydrogen-bond acceptors (Lipinski definition) is 3. The molecule has 0 fully saturated rings. The zero-order valence-electron chi connectivity index (χ0n) is 10.4. The third-order valence-electron chi connectivity index (χ3n) is 2.73. The minimum atomic E-state index is -0.956. The quantitative estimate of drug-likeness (QED) is 0.833. The maximum Gasteiger partial charge on any atom is 0.128 e. The fraction of sp³-hybridized carbons (Fsp3) is 0.538. The molecule has 0 bridgehead atoms. The molecular weight excluding hydrogens is 223 g/mol. The number of benzene rings is 1. The minimum Gasteiger partial charge on any atom is -0.490 e. The highest BCUT2D eigenvalue weighted by Crippen LogP contribution is 2.27. The maximum atomic E-state index is 13.1. The van der Waals surface area contributed by atoms with Crippen LogP contribution in [0.4, 0.5) is 4.39 Å². The number of aliphatic hydroxyl groups excluding tert-OH is 1. The van der Waals surface area contributed by atoms with E-state index in [4.69, 9.17) is 4.74 Å². The van der Waals surface area contributed by atoms with Crippen molar-refractivity contribution in [3.8, 4) is 5.75 Å². The molecule has 0 heterocycles. The first-order valence-corrected chi connectivity index (χ1v) is 5.68. The molecule has 1 aromatic carbocycles. The third-order valence-corrected chi connectivity index (χ3v) is 2.73. The molecule has 1 aromatic rings. The van der Waals surface area contributed by atoms with Crippen molar-refractivity contribution in [2.45, 2.75) is 38.9 Å². The van der Waals surface area contributed by atoms with E-state index in [2.05, 4.69) is 0 Å². The predicted molar refractivity (Wildman–Crippen MR) is 63.4 cm³/mol. The van der Waals surface area contributed by atoms with E-state index in [1.54, 1.807) is 13.8 Å². The fourth-order valence-electron chi connectivity index (χ4n) is 1.31. The summed E-state index contributed by atoms with van der Waals surface area (Å²) < 4.78 is 18.5. The fourth-order valence-corrected chi connectivity index (χ4v) is 1.31. The SMILES string of the molecule is CCC(C)(O)COc1cc(F)ccc1[C@H](C)O. The molecule has 0 aliphatic carbocycles. The predicted octanol–water partition coefficient (Wildman–Crippen LogP) is 2.42. The Morgan fingerprint density at radius 3 is 2.65 bits per heavy atom. The number of hydrogen-bond donors (Lipinski definition) is 2. The van der Waals surface area contributed by atoms with Crippen molar-refractivity contribution < 1.29 is 19.3 Å². The monoisotopic (exact) mass is 242 g/mol. The van der Waals surface area contributed by atoms with Gasteiger partial charge in [-0.2, -0.15) is 0 Å². The van der Waals surface area contributed by atoms with Crippen LogP contribution in [0, 0.1) is 5.82 Å². The molecular formula is C13H19FO3. The van der Waals surface area contributed by atoms with Gasteiger partial charge < -0.3 is 14.9 Å². The van der Waals surface area contributed by atoms with Gasteiger partial charge in [0.05, 0.1) is 11.7 Å². The molecule has 0 radical (unpaired) electrons. The lowest BCUT2D eigenvalue weighted by atomic mass is 10.1. The van der Waals surface area contributed by atoms with Gasteiger partial charge in [0.1, 0.15) is 18.2 Å². The van der Waals surface area contributed by atoms with Crippen molar-refractivity contribution in [1.29, 1.82) is 0 Å². The highest BCUT2D eigenvalue weighted by atomic mass is 19.1. The summed E-state index contributed by atoms with van der Waals surface area (Å²) in [5.74, 6) is -0.158. The first kappa shape index (κ1) is 13.9. The Kier molecular flexibility index (Phi) is 4.48. The molecule has 0 saturated heterocycles. The van der Waals surface area contributed by atoms with Crippen LogP contribution in [-0.2, 0) is 0 Å². The van der Waals surface area contributed by atoms with Gasteiger partial charge in [-0.1, -0.05) is 6.92 Å². The van der Waals surface area contributed by atoms with Gasteiger partial charge in [0.15, 0.2) is 0 Å². The number of rotatable bonds is 5. The maximum absolute atomic E-state index is 13.1. The Bertz CT molecular complexity index is 375. The highest BCUT2D eigenvalue weighted by molar-refractivity contribution is 5.35. The second-order valence-electron chi connectivity index (χ2n) is 4.50. The van der Waals surface area contributed by atoms with Gasteiger partial charge >= 0.3 is 0 Å².